The number of hydrogen-bond acceptors (Lipinski definition) is 9. The van der Waals surface area contributed by atoms with Crippen LogP contribution in [0.5, 0.6) is 0 Å². The number of carboxylic acid groups (broad SMARTS) is 1. The summed E-state index contributed by atoms with van der Waals surface area (Å²) >= 11 is 0. The van der Waals surface area contributed by atoms with E-state index in [9.17, 15) is 19.5 Å². The van der Waals surface area contributed by atoms with Gasteiger partial charge in [-0.15, -0.1) is 0 Å². The Morgan fingerprint density at radius 3 is 2.24 bits per heavy atom. The van der Waals surface area contributed by atoms with E-state index in [4.69, 9.17) is 13.7 Å². The van der Waals surface area contributed by atoms with Gasteiger partial charge in [0.05, 0.1) is 0 Å². The van der Waals surface area contributed by atoms with Gasteiger partial charge in [-0.25, -0.2) is 9.59 Å². The largest absolute Gasteiger partial charge is 0.480 e. The number of nitrogens with zero attached hydrogens (tertiary/aromatic N) is 3. The van der Waals surface area contributed by atoms with Crippen LogP contribution in [0.15, 0.2) is 87.9 Å². The van der Waals surface area contributed by atoms with Gasteiger partial charge in [0.15, 0.2) is 5.76 Å². The normalized spacial score (nSPS) is 11.9. The second-order valence-electron chi connectivity index (χ2n) is 11.3. The first-order valence-electron chi connectivity index (χ1n) is 14.0. The lowest BCUT2D eigenvalue weighted by atomic mass is 10.1. The van der Waals surface area contributed by atoms with Crippen molar-refractivity contribution in [3.63, 3.8) is 0 Å². The van der Waals surface area contributed by atoms with Crippen LogP contribution in [0, 0.1) is 6.92 Å². The zero-order valence-electron chi connectivity index (χ0n) is 25.0. The zero-order valence-corrected chi connectivity index (χ0v) is 25.0. The van der Waals surface area contributed by atoms with E-state index in [-0.39, 0.29) is 23.9 Å². The van der Waals surface area contributed by atoms with Gasteiger partial charge in [0.1, 0.15) is 17.4 Å². The highest BCUT2D eigenvalue weighted by atomic mass is 16.6. The van der Waals surface area contributed by atoms with E-state index in [1.165, 1.54) is 12.3 Å². The van der Waals surface area contributed by atoms with Crippen LogP contribution in [0.2, 0.25) is 0 Å². The topological polar surface area (TPSA) is 170 Å². The molecule has 0 saturated heterocycles. The summed E-state index contributed by atoms with van der Waals surface area (Å²) in [5.74, 6) is -0.816. The molecule has 0 aliphatic heterocycles. The highest BCUT2D eigenvalue weighted by Crippen LogP contribution is 2.25. The van der Waals surface area contributed by atoms with Gasteiger partial charge in [0.2, 0.25) is 5.82 Å². The molecule has 2 aromatic carbocycles. The van der Waals surface area contributed by atoms with Crippen LogP contribution in [-0.2, 0) is 16.0 Å². The number of furan rings is 1. The molecule has 3 N–H and O–H groups in total. The molecule has 0 aliphatic rings. The molecule has 0 unspecified atom stereocenters. The number of aryl methyl sites for hydroxylation is 1. The van der Waals surface area contributed by atoms with Crippen molar-refractivity contribution in [2.24, 2.45) is 0 Å². The fourth-order valence-electron chi connectivity index (χ4n) is 4.22. The molecule has 5 aromatic rings. The molecule has 5 rings (SSSR count). The van der Waals surface area contributed by atoms with E-state index in [0.29, 0.717) is 28.3 Å². The van der Waals surface area contributed by atoms with Crippen LogP contribution in [0.25, 0.3) is 34.2 Å². The summed E-state index contributed by atoms with van der Waals surface area (Å²) in [5.41, 5.74) is 3.44. The number of amides is 2. The highest BCUT2D eigenvalue weighted by molar-refractivity contribution is 5.94. The van der Waals surface area contributed by atoms with Crippen LogP contribution in [0.3, 0.4) is 0 Å². The number of rotatable bonds is 9. The maximum atomic E-state index is 12.8. The third-order valence-electron chi connectivity index (χ3n) is 6.47. The van der Waals surface area contributed by atoms with Gasteiger partial charge < -0.3 is 24.1 Å². The van der Waals surface area contributed by atoms with Crippen LogP contribution in [0.1, 0.15) is 42.6 Å². The monoisotopic (exact) mass is 609 g/mol. The van der Waals surface area contributed by atoms with Gasteiger partial charge in [-0.3, -0.25) is 15.1 Å². The third kappa shape index (κ3) is 7.99. The molecule has 45 heavy (non-hydrogen) atoms. The first-order chi connectivity index (χ1) is 21.4. The van der Waals surface area contributed by atoms with Crippen molar-refractivity contribution in [3.8, 4) is 34.2 Å². The van der Waals surface area contributed by atoms with E-state index in [2.05, 4.69) is 25.8 Å². The summed E-state index contributed by atoms with van der Waals surface area (Å²) in [4.78, 5) is 45.5. The van der Waals surface area contributed by atoms with Gasteiger partial charge in [-0.2, -0.15) is 4.98 Å². The molecule has 0 radical (unpaired) electrons. The zero-order chi connectivity index (χ0) is 32.1. The predicted molar refractivity (Wildman–Crippen MR) is 164 cm³/mol. The maximum Gasteiger partial charge on any atom is 0.412 e. The first kappa shape index (κ1) is 30.7. The minimum Gasteiger partial charge on any atom is -0.480 e. The van der Waals surface area contributed by atoms with Gasteiger partial charge in [-0.1, -0.05) is 35.0 Å². The third-order valence-corrected chi connectivity index (χ3v) is 6.47. The number of benzene rings is 2. The number of aliphatic carboxylic acids is 1. The molecule has 3 heterocycles. The molecular formula is C33H31N5O7. The van der Waals surface area contributed by atoms with Crippen molar-refractivity contribution < 1.29 is 33.2 Å². The molecule has 1 atom stereocenters. The molecule has 3 aromatic heterocycles. The lowest BCUT2D eigenvalue weighted by Gasteiger charge is -2.19. The molecule has 0 spiro atoms. The Morgan fingerprint density at radius 2 is 1.60 bits per heavy atom. The summed E-state index contributed by atoms with van der Waals surface area (Å²) in [6.07, 6.45) is 0.876. The number of aromatic nitrogens is 3. The SMILES string of the molecule is Cc1ccc(-c2ccc(C(=O)N[C@H](Cc3ccc(-c4noc(-c5ccc(NC(=O)OC(C)(C)C)cc5)n4)cn3)C(=O)O)o2)cc1. The van der Waals surface area contributed by atoms with Crippen molar-refractivity contribution in [1.29, 1.82) is 0 Å². The van der Waals surface area contributed by atoms with Crippen molar-refractivity contribution in [3.05, 3.63) is 96.0 Å². The molecular weight excluding hydrogens is 578 g/mol. The minimum absolute atomic E-state index is 0.00184. The number of carbonyl (C=O) groups excluding carboxylic acids is 2. The Hall–Kier alpha value is -5.78. The second kappa shape index (κ2) is 12.8. The summed E-state index contributed by atoms with van der Waals surface area (Å²) in [6.45, 7) is 7.31. The van der Waals surface area contributed by atoms with Gasteiger partial charge >= 0.3 is 12.1 Å². The average Bonchev–Trinajstić information content (AvgIpc) is 3.68. The fraction of sp³-hybridized carbons (Fsp3) is 0.212. The number of carboxylic acids is 1. The van der Waals surface area contributed by atoms with Crippen molar-refractivity contribution in [1.82, 2.24) is 20.4 Å². The number of ether oxygens (including phenoxy) is 1. The molecule has 0 aliphatic carbocycles. The summed E-state index contributed by atoms with van der Waals surface area (Å²) in [5, 5.41) is 18.9. The van der Waals surface area contributed by atoms with E-state index >= 15 is 0 Å². The highest BCUT2D eigenvalue weighted by Gasteiger charge is 2.24. The number of carbonyl (C=O) groups is 3. The van der Waals surface area contributed by atoms with Crippen molar-refractivity contribution in [2.45, 2.75) is 45.8 Å². The molecule has 0 saturated carbocycles. The van der Waals surface area contributed by atoms with E-state index in [1.54, 1.807) is 63.2 Å². The molecule has 0 fully saturated rings. The minimum atomic E-state index is -1.24. The summed E-state index contributed by atoms with van der Waals surface area (Å²) < 4.78 is 16.3. The van der Waals surface area contributed by atoms with Gasteiger partial charge in [-0.05, 0) is 76.2 Å². The Bertz CT molecular complexity index is 1800. The Balaban J connectivity index is 1.20. The molecule has 230 valence electrons. The standard InChI is InChI=1S/C33H31N5O7/c1-19-5-7-20(8-6-19)26-15-16-27(43-26)29(39)36-25(31(40)41)17-24-14-11-22(18-34-24)28-37-30(45-38-28)21-9-12-23(13-10-21)35-32(42)44-33(2,3)4/h5-16,18,25H,17H2,1-4H3,(H,35,42)(H,36,39)(H,40,41)/t25-/m1/s1. The van der Waals surface area contributed by atoms with Gasteiger partial charge in [0, 0.05) is 40.7 Å². The number of nitrogens with one attached hydrogen (secondary N) is 2. The van der Waals surface area contributed by atoms with Crippen molar-refractivity contribution >= 4 is 23.7 Å². The first-order valence-corrected chi connectivity index (χ1v) is 14.0. The molecule has 2 amide bonds. The van der Waals surface area contributed by atoms with Crippen molar-refractivity contribution in [2.75, 3.05) is 5.32 Å². The average molecular weight is 610 g/mol. The summed E-state index contributed by atoms with van der Waals surface area (Å²) in [6, 6.07) is 19.7. The quantitative estimate of drug-likeness (QED) is 0.176. The smallest absolute Gasteiger partial charge is 0.412 e. The molecule has 12 heteroatoms. The molecule has 0 bridgehead atoms. The Morgan fingerprint density at radius 1 is 0.911 bits per heavy atom. The molecule has 12 nitrogen and oxygen atoms in total. The van der Waals surface area contributed by atoms with Gasteiger partial charge in [0.25, 0.3) is 11.8 Å². The second-order valence-corrected chi connectivity index (χ2v) is 11.3. The summed E-state index contributed by atoms with van der Waals surface area (Å²) in [7, 11) is 0. The number of pyridine rings is 1. The lowest BCUT2D eigenvalue weighted by molar-refractivity contribution is -0.139. The lowest BCUT2D eigenvalue weighted by Crippen LogP contribution is -2.42. The maximum absolute atomic E-state index is 12.8. The number of anilines is 1. The number of hydrogen-bond donors (Lipinski definition) is 3. The van der Waals surface area contributed by atoms with E-state index in [0.717, 1.165) is 11.1 Å². The predicted octanol–water partition coefficient (Wildman–Crippen LogP) is 6.14. The van der Waals surface area contributed by atoms with Crippen LogP contribution in [0.4, 0.5) is 10.5 Å². The van der Waals surface area contributed by atoms with E-state index in [1.807, 2.05) is 31.2 Å². The Labute approximate surface area is 258 Å². The van der Waals surface area contributed by atoms with Crippen LogP contribution < -0.4 is 10.6 Å². The Kier molecular flexibility index (Phi) is 8.75. The fourth-order valence-corrected chi connectivity index (χ4v) is 4.22. The van der Waals surface area contributed by atoms with Crippen LogP contribution >= 0.6 is 0 Å². The van der Waals surface area contributed by atoms with Crippen LogP contribution in [-0.4, -0.2) is 49.8 Å². The van der Waals surface area contributed by atoms with E-state index < -0.39 is 29.6 Å².